The van der Waals surface area contributed by atoms with Gasteiger partial charge in [0.2, 0.25) is 11.8 Å². The fourth-order valence-corrected chi connectivity index (χ4v) is 1.64. The molecule has 0 radical (unpaired) electrons. The lowest BCUT2D eigenvalue weighted by atomic mass is 10.5. The molecule has 2 rings (SSSR count). The highest BCUT2D eigenvalue weighted by Gasteiger charge is 2.13. The van der Waals surface area contributed by atoms with E-state index in [0.29, 0.717) is 17.4 Å². The predicted octanol–water partition coefficient (Wildman–Crippen LogP) is 1.82. The quantitative estimate of drug-likeness (QED) is 0.836. The number of halogens is 1. The Labute approximate surface area is 95.1 Å². The molecule has 0 unspecified atom stereocenters. The Morgan fingerprint density at radius 1 is 1.33 bits per heavy atom. The number of hydrogen-bond donors (Lipinski definition) is 0. The van der Waals surface area contributed by atoms with Gasteiger partial charge in [-0.2, -0.15) is 14.6 Å². The molecule has 0 fully saturated rings. The molecular formula is C9H10BrN3O2. The van der Waals surface area contributed by atoms with E-state index in [-0.39, 0.29) is 0 Å². The molecule has 0 N–H and O–H groups in total. The van der Waals surface area contributed by atoms with Gasteiger partial charge in [-0.25, -0.2) is 0 Å². The van der Waals surface area contributed by atoms with Crippen LogP contribution >= 0.6 is 15.9 Å². The molecule has 5 nitrogen and oxygen atoms in total. The minimum atomic E-state index is 0.500. The largest absolute Gasteiger partial charge is 0.481 e. The third-order valence-corrected chi connectivity index (χ3v) is 2.98. The molecule has 0 aliphatic rings. The predicted molar refractivity (Wildman–Crippen MR) is 58.5 cm³/mol. The van der Waals surface area contributed by atoms with Crippen molar-refractivity contribution in [2.45, 2.75) is 6.92 Å². The first-order valence-corrected chi connectivity index (χ1v) is 5.10. The monoisotopic (exact) mass is 271 g/mol. The van der Waals surface area contributed by atoms with Crippen LogP contribution in [0, 0.1) is 6.92 Å². The smallest absolute Gasteiger partial charge is 0.221 e. The standard InChI is InChI=1S/C9H10BrN3O2/c1-5-8(10)9-11-6(14-2)4-7(15-3)13(9)12-5/h4H,1-3H3. The van der Waals surface area contributed by atoms with Gasteiger partial charge < -0.3 is 9.47 Å². The molecule has 0 spiro atoms. The van der Waals surface area contributed by atoms with Crippen LogP contribution in [0.25, 0.3) is 5.65 Å². The van der Waals surface area contributed by atoms with Crippen molar-refractivity contribution in [2.75, 3.05) is 14.2 Å². The molecule has 0 saturated heterocycles. The molecule has 0 aliphatic heterocycles. The molecule has 2 aromatic rings. The van der Waals surface area contributed by atoms with Crippen LogP contribution in [0.3, 0.4) is 0 Å². The summed E-state index contributed by atoms with van der Waals surface area (Å²) in [5.41, 5.74) is 1.54. The van der Waals surface area contributed by atoms with Gasteiger partial charge in [0.05, 0.1) is 30.5 Å². The van der Waals surface area contributed by atoms with Gasteiger partial charge in [-0.15, -0.1) is 0 Å². The van der Waals surface area contributed by atoms with Crippen LogP contribution < -0.4 is 9.47 Å². The highest BCUT2D eigenvalue weighted by atomic mass is 79.9. The van der Waals surface area contributed by atoms with Crippen molar-refractivity contribution in [1.29, 1.82) is 0 Å². The Morgan fingerprint density at radius 3 is 2.67 bits per heavy atom. The molecule has 0 amide bonds. The lowest BCUT2D eigenvalue weighted by Gasteiger charge is -2.05. The van der Waals surface area contributed by atoms with Crippen molar-refractivity contribution < 1.29 is 9.47 Å². The Balaban J connectivity index is 2.80. The second-order valence-corrected chi connectivity index (χ2v) is 3.77. The van der Waals surface area contributed by atoms with Gasteiger partial charge in [0.1, 0.15) is 0 Å². The summed E-state index contributed by atoms with van der Waals surface area (Å²) in [6.45, 7) is 1.89. The van der Waals surface area contributed by atoms with Gasteiger partial charge in [-0.3, -0.25) is 0 Å². The minimum absolute atomic E-state index is 0.500. The Bertz CT molecular complexity index is 510. The lowest BCUT2D eigenvalue weighted by Crippen LogP contribution is -1.99. The van der Waals surface area contributed by atoms with Crippen LogP contribution in [0.15, 0.2) is 10.5 Å². The average molecular weight is 272 g/mol. The molecule has 0 aromatic carbocycles. The summed E-state index contributed by atoms with van der Waals surface area (Å²) in [4.78, 5) is 4.27. The molecule has 6 heteroatoms. The molecule has 0 bridgehead atoms. The maximum Gasteiger partial charge on any atom is 0.221 e. The number of aromatic nitrogens is 3. The molecule has 0 atom stereocenters. The van der Waals surface area contributed by atoms with E-state index in [9.17, 15) is 0 Å². The maximum atomic E-state index is 5.20. The average Bonchev–Trinajstić information content (AvgIpc) is 2.54. The van der Waals surface area contributed by atoms with Gasteiger partial charge >= 0.3 is 0 Å². The SMILES string of the molecule is COc1cc(OC)n2nc(C)c(Br)c2n1. The van der Waals surface area contributed by atoms with E-state index in [1.807, 2.05) is 6.92 Å². The first-order chi connectivity index (χ1) is 7.17. The lowest BCUT2D eigenvalue weighted by molar-refractivity contribution is 0.365. The van der Waals surface area contributed by atoms with Crippen molar-refractivity contribution in [2.24, 2.45) is 0 Å². The molecular weight excluding hydrogens is 262 g/mol. The van der Waals surface area contributed by atoms with Crippen LogP contribution in [0.5, 0.6) is 11.8 Å². The Hall–Kier alpha value is -1.30. The van der Waals surface area contributed by atoms with E-state index in [0.717, 1.165) is 10.2 Å². The summed E-state index contributed by atoms with van der Waals surface area (Å²) < 4.78 is 12.7. The van der Waals surface area contributed by atoms with Gasteiger partial charge in [-0.1, -0.05) is 0 Å². The molecule has 2 aromatic heterocycles. The molecule has 0 saturated carbocycles. The summed E-state index contributed by atoms with van der Waals surface area (Å²) in [5, 5.41) is 4.29. The summed E-state index contributed by atoms with van der Waals surface area (Å²) in [6, 6.07) is 1.69. The summed E-state index contributed by atoms with van der Waals surface area (Å²) >= 11 is 3.42. The van der Waals surface area contributed by atoms with E-state index < -0.39 is 0 Å². The Morgan fingerprint density at radius 2 is 2.07 bits per heavy atom. The fraction of sp³-hybridized carbons (Fsp3) is 0.333. The zero-order valence-corrected chi connectivity index (χ0v) is 10.2. The van der Waals surface area contributed by atoms with Gasteiger partial charge in [0, 0.05) is 0 Å². The minimum Gasteiger partial charge on any atom is -0.481 e. The van der Waals surface area contributed by atoms with E-state index in [4.69, 9.17) is 9.47 Å². The number of rotatable bonds is 2. The van der Waals surface area contributed by atoms with Crippen LogP contribution in [-0.2, 0) is 0 Å². The highest BCUT2D eigenvalue weighted by Crippen LogP contribution is 2.26. The van der Waals surface area contributed by atoms with E-state index in [1.54, 1.807) is 24.8 Å². The zero-order chi connectivity index (χ0) is 11.0. The number of methoxy groups -OCH3 is 2. The Kier molecular flexibility index (Phi) is 2.52. The maximum absolute atomic E-state index is 5.20. The highest BCUT2D eigenvalue weighted by molar-refractivity contribution is 9.10. The first-order valence-electron chi connectivity index (χ1n) is 4.31. The summed E-state index contributed by atoms with van der Waals surface area (Å²) in [6.07, 6.45) is 0. The molecule has 80 valence electrons. The van der Waals surface area contributed by atoms with Crippen LogP contribution in [-0.4, -0.2) is 28.8 Å². The number of fused-ring (bicyclic) bond motifs is 1. The van der Waals surface area contributed by atoms with E-state index >= 15 is 0 Å². The molecule has 0 aliphatic carbocycles. The normalized spacial score (nSPS) is 10.7. The van der Waals surface area contributed by atoms with Gasteiger partial charge in [0.15, 0.2) is 5.65 Å². The van der Waals surface area contributed by atoms with Gasteiger partial charge in [0.25, 0.3) is 0 Å². The fourth-order valence-electron chi connectivity index (χ4n) is 1.30. The summed E-state index contributed by atoms with van der Waals surface area (Å²) in [7, 11) is 3.15. The van der Waals surface area contributed by atoms with Gasteiger partial charge in [-0.05, 0) is 22.9 Å². The second-order valence-electron chi connectivity index (χ2n) is 2.98. The van der Waals surface area contributed by atoms with Crippen LogP contribution in [0.1, 0.15) is 5.69 Å². The number of aryl methyl sites for hydroxylation is 1. The topological polar surface area (TPSA) is 48.7 Å². The van der Waals surface area contributed by atoms with Crippen molar-refractivity contribution in [3.05, 3.63) is 16.2 Å². The third-order valence-electron chi connectivity index (χ3n) is 2.05. The summed E-state index contributed by atoms with van der Waals surface area (Å²) in [5.74, 6) is 1.09. The molecule has 2 heterocycles. The van der Waals surface area contributed by atoms with Crippen molar-refractivity contribution >= 4 is 21.6 Å². The molecule has 15 heavy (non-hydrogen) atoms. The first kappa shape index (κ1) is 10.2. The third kappa shape index (κ3) is 1.54. The zero-order valence-electron chi connectivity index (χ0n) is 8.61. The number of hydrogen-bond acceptors (Lipinski definition) is 4. The van der Waals surface area contributed by atoms with Crippen molar-refractivity contribution in [1.82, 2.24) is 14.6 Å². The number of ether oxygens (including phenoxy) is 2. The van der Waals surface area contributed by atoms with Crippen LogP contribution in [0.4, 0.5) is 0 Å². The van der Waals surface area contributed by atoms with E-state index in [1.165, 1.54) is 0 Å². The van der Waals surface area contributed by atoms with Crippen molar-refractivity contribution in [3.63, 3.8) is 0 Å². The van der Waals surface area contributed by atoms with Crippen LogP contribution in [0.2, 0.25) is 0 Å². The number of nitrogens with zero attached hydrogens (tertiary/aromatic N) is 3. The van der Waals surface area contributed by atoms with E-state index in [2.05, 4.69) is 26.0 Å². The second kappa shape index (κ2) is 3.69. The van der Waals surface area contributed by atoms with Crippen molar-refractivity contribution in [3.8, 4) is 11.8 Å².